The summed E-state index contributed by atoms with van der Waals surface area (Å²) in [6.07, 6.45) is 2.67. The lowest BCUT2D eigenvalue weighted by Gasteiger charge is -2.30. The summed E-state index contributed by atoms with van der Waals surface area (Å²) in [5.41, 5.74) is 1.05. The van der Waals surface area contributed by atoms with E-state index in [0.29, 0.717) is 31.3 Å². The molecule has 1 aliphatic rings. The predicted octanol–water partition coefficient (Wildman–Crippen LogP) is 3.27. The number of nitrogens with one attached hydrogen (secondary N) is 1. The van der Waals surface area contributed by atoms with Crippen LogP contribution in [0.15, 0.2) is 30.5 Å². The zero-order valence-corrected chi connectivity index (χ0v) is 11.0. The Bertz CT molecular complexity index is 583. The Balaban J connectivity index is 2.07. The third-order valence-corrected chi connectivity index (χ3v) is 4.11. The number of piperidine rings is 1. The van der Waals surface area contributed by atoms with E-state index in [1.54, 1.807) is 16.8 Å². The van der Waals surface area contributed by atoms with Gasteiger partial charge in [-0.25, -0.2) is 8.78 Å². The summed E-state index contributed by atoms with van der Waals surface area (Å²) in [6.45, 7) is 1.37. The zero-order chi connectivity index (χ0) is 13.5. The minimum atomic E-state index is -2.75. The van der Waals surface area contributed by atoms with Crippen molar-refractivity contribution in [3.05, 3.63) is 36.0 Å². The maximum absolute atomic E-state index is 14.7. The zero-order valence-electron chi connectivity index (χ0n) is 11.0. The van der Waals surface area contributed by atoms with Gasteiger partial charge in [0.15, 0.2) is 0 Å². The molecule has 1 N–H and O–H groups in total. The van der Waals surface area contributed by atoms with E-state index in [-0.39, 0.29) is 5.56 Å². The summed E-state index contributed by atoms with van der Waals surface area (Å²) in [5, 5.41) is 3.82. The fourth-order valence-corrected chi connectivity index (χ4v) is 3.01. The summed E-state index contributed by atoms with van der Waals surface area (Å²) in [5.74, 6) is -3.30. The van der Waals surface area contributed by atoms with Gasteiger partial charge < -0.3 is 9.88 Å². The van der Waals surface area contributed by atoms with E-state index in [0.717, 1.165) is 5.52 Å². The highest BCUT2D eigenvalue weighted by Gasteiger charge is 2.43. The van der Waals surface area contributed by atoms with Crippen LogP contribution in [0.5, 0.6) is 0 Å². The number of halogens is 2. The highest BCUT2D eigenvalue weighted by Crippen LogP contribution is 2.43. The molecule has 2 heterocycles. The third-order valence-electron chi connectivity index (χ3n) is 4.11. The first kappa shape index (κ1) is 12.6. The highest BCUT2D eigenvalue weighted by molar-refractivity contribution is 5.84. The van der Waals surface area contributed by atoms with Gasteiger partial charge in [0.25, 0.3) is 5.92 Å². The summed E-state index contributed by atoms with van der Waals surface area (Å²) in [6, 6.07) is 7.39. The average Bonchev–Trinajstić information content (AvgIpc) is 2.79. The largest absolute Gasteiger partial charge is 0.350 e. The minimum Gasteiger partial charge on any atom is -0.350 e. The SMILES string of the molecule is Cn1cc(C(F)(F)C2CCNCC2)c2ccccc21. The van der Waals surface area contributed by atoms with Crippen LogP contribution in [0, 0.1) is 5.92 Å². The smallest absolute Gasteiger partial charge is 0.278 e. The second-order valence-corrected chi connectivity index (χ2v) is 5.32. The molecule has 0 radical (unpaired) electrons. The Morgan fingerprint density at radius 2 is 1.89 bits per heavy atom. The van der Waals surface area contributed by atoms with Crippen molar-refractivity contribution < 1.29 is 8.78 Å². The van der Waals surface area contributed by atoms with Crippen LogP contribution < -0.4 is 5.32 Å². The number of alkyl halides is 2. The van der Waals surface area contributed by atoms with Gasteiger partial charge in [0.05, 0.1) is 0 Å². The summed E-state index contributed by atoms with van der Waals surface area (Å²) >= 11 is 0. The first-order valence-electron chi connectivity index (χ1n) is 6.74. The van der Waals surface area contributed by atoms with E-state index >= 15 is 0 Å². The average molecular weight is 264 g/mol. The molecule has 4 heteroatoms. The Morgan fingerprint density at radius 3 is 2.63 bits per heavy atom. The monoisotopic (exact) mass is 264 g/mol. The van der Waals surface area contributed by atoms with Crippen LogP contribution in [0.4, 0.5) is 8.78 Å². The Morgan fingerprint density at radius 1 is 1.21 bits per heavy atom. The molecule has 1 saturated heterocycles. The second-order valence-electron chi connectivity index (χ2n) is 5.32. The Hall–Kier alpha value is -1.42. The van der Waals surface area contributed by atoms with Gasteiger partial charge >= 0.3 is 0 Å². The number of hydrogen-bond acceptors (Lipinski definition) is 1. The minimum absolute atomic E-state index is 0.178. The molecule has 0 atom stereocenters. The van der Waals surface area contributed by atoms with Gasteiger partial charge in [-0.1, -0.05) is 18.2 Å². The van der Waals surface area contributed by atoms with E-state index in [9.17, 15) is 8.78 Å². The van der Waals surface area contributed by atoms with Crippen LogP contribution in [-0.2, 0) is 13.0 Å². The van der Waals surface area contributed by atoms with E-state index in [4.69, 9.17) is 0 Å². The number of aromatic nitrogens is 1. The highest BCUT2D eigenvalue weighted by atomic mass is 19.3. The lowest BCUT2D eigenvalue weighted by atomic mass is 9.87. The van der Waals surface area contributed by atoms with Gasteiger partial charge in [0, 0.05) is 35.6 Å². The standard InChI is InChI=1S/C15H18F2N2/c1-19-10-13(12-4-2-3-5-14(12)19)15(16,17)11-6-8-18-9-7-11/h2-5,10-11,18H,6-9H2,1H3. The van der Waals surface area contributed by atoms with Gasteiger partial charge in [0.1, 0.15) is 0 Å². The number of para-hydroxylation sites is 1. The van der Waals surface area contributed by atoms with Crippen LogP contribution in [0.3, 0.4) is 0 Å². The fraction of sp³-hybridized carbons (Fsp3) is 0.467. The van der Waals surface area contributed by atoms with E-state index in [2.05, 4.69) is 5.32 Å². The molecule has 0 amide bonds. The van der Waals surface area contributed by atoms with Crippen molar-refractivity contribution in [2.45, 2.75) is 18.8 Å². The molecule has 1 aromatic carbocycles. The molecule has 0 bridgehead atoms. The molecule has 2 aromatic rings. The summed E-state index contributed by atoms with van der Waals surface area (Å²) < 4.78 is 31.3. The van der Waals surface area contributed by atoms with Crippen molar-refractivity contribution >= 4 is 10.9 Å². The molecular weight excluding hydrogens is 246 g/mol. The molecule has 3 rings (SSSR count). The first-order valence-corrected chi connectivity index (χ1v) is 6.74. The van der Waals surface area contributed by atoms with Gasteiger partial charge in [-0.2, -0.15) is 0 Å². The molecule has 0 aliphatic carbocycles. The van der Waals surface area contributed by atoms with Crippen LogP contribution >= 0.6 is 0 Å². The normalized spacial score (nSPS) is 18.1. The number of hydrogen-bond donors (Lipinski definition) is 1. The molecule has 1 aromatic heterocycles. The van der Waals surface area contributed by atoms with E-state index < -0.39 is 11.8 Å². The topological polar surface area (TPSA) is 17.0 Å². The summed E-state index contributed by atoms with van der Waals surface area (Å²) in [4.78, 5) is 0. The number of rotatable bonds is 2. The first-order chi connectivity index (χ1) is 9.10. The van der Waals surface area contributed by atoms with Gasteiger partial charge in [-0.3, -0.25) is 0 Å². The van der Waals surface area contributed by atoms with Crippen molar-refractivity contribution in [1.82, 2.24) is 9.88 Å². The summed E-state index contributed by atoms with van der Waals surface area (Å²) in [7, 11) is 1.82. The maximum atomic E-state index is 14.7. The van der Waals surface area contributed by atoms with Crippen LogP contribution in [-0.4, -0.2) is 17.7 Å². The van der Waals surface area contributed by atoms with Crippen molar-refractivity contribution in [1.29, 1.82) is 0 Å². The van der Waals surface area contributed by atoms with Crippen molar-refractivity contribution in [3.8, 4) is 0 Å². The molecular formula is C15H18F2N2. The second kappa shape index (κ2) is 4.60. The number of nitrogens with zero attached hydrogens (tertiary/aromatic N) is 1. The quantitative estimate of drug-likeness (QED) is 0.881. The molecule has 19 heavy (non-hydrogen) atoms. The van der Waals surface area contributed by atoms with Gasteiger partial charge in [-0.15, -0.1) is 0 Å². The van der Waals surface area contributed by atoms with Crippen molar-refractivity contribution in [2.75, 3.05) is 13.1 Å². The number of fused-ring (bicyclic) bond motifs is 1. The lowest BCUT2D eigenvalue weighted by molar-refractivity contribution is -0.0741. The molecule has 0 spiro atoms. The fourth-order valence-electron chi connectivity index (χ4n) is 3.01. The molecule has 2 nitrogen and oxygen atoms in total. The van der Waals surface area contributed by atoms with Gasteiger partial charge in [-0.05, 0) is 32.0 Å². The van der Waals surface area contributed by atoms with E-state index in [1.165, 1.54) is 0 Å². The predicted molar refractivity (Wildman–Crippen MR) is 72.4 cm³/mol. The maximum Gasteiger partial charge on any atom is 0.278 e. The van der Waals surface area contributed by atoms with Gasteiger partial charge in [0.2, 0.25) is 0 Å². The van der Waals surface area contributed by atoms with Crippen LogP contribution in [0.2, 0.25) is 0 Å². The molecule has 102 valence electrons. The Kier molecular flexibility index (Phi) is 3.05. The third kappa shape index (κ3) is 2.04. The molecule has 1 fully saturated rings. The molecule has 0 saturated carbocycles. The van der Waals surface area contributed by atoms with Crippen molar-refractivity contribution in [3.63, 3.8) is 0 Å². The lowest BCUT2D eigenvalue weighted by Crippen LogP contribution is -2.36. The molecule has 1 aliphatic heterocycles. The van der Waals surface area contributed by atoms with Crippen LogP contribution in [0.1, 0.15) is 18.4 Å². The number of benzene rings is 1. The number of aryl methyl sites for hydroxylation is 1. The van der Waals surface area contributed by atoms with E-state index in [1.807, 2.05) is 25.2 Å². The molecule has 0 unspecified atom stereocenters. The van der Waals surface area contributed by atoms with Crippen LogP contribution in [0.25, 0.3) is 10.9 Å². The van der Waals surface area contributed by atoms with Crippen molar-refractivity contribution in [2.24, 2.45) is 13.0 Å². The Labute approximate surface area is 111 Å².